The van der Waals surface area contributed by atoms with Crippen LogP contribution in [0.4, 0.5) is 5.69 Å². The van der Waals surface area contributed by atoms with E-state index in [2.05, 4.69) is 65.7 Å². The van der Waals surface area contributed by atoms with Gasteiger partial charge in [0.2, 0.25) is 0 Å². The van der Waals surface area contributed by atoms with Crippen molar-refractivity contribution >= 4 is 23.7 Å². The second-order valence-electron chi connectivity index (χ2n) is 8.88. The fraction of sp³-hybridized carbons (Fsp3) is 0.478. The van der Waals surface area contributed by atoms with Gasteiger partial charge in [-0.25, -0.2) is 0 Å². The standard InChI is InChI=1S/C13H11N.C9H21P.CH4O3S.Pd/c1-14-13-10-6-5-9-12(13)11-7-3-2-4-8-11;1-8(2,3)10(7)9(4,5)6;1-5(2,3)4;/h2-7,9-10H,1H3;1-7H3;1H3,(H,2,3,4);/q-2;;;+2/p+1. The van der Waals surface area contributed by atoms with Crippen molar-refractivity contribution in [2.24, 2.45) is 0 Å². The van der Waals surface area contributed by atoms with Crippen molar-refractivity contribution in [2.45, 2.75) is 51.9 Å². The van der Waals surface area contributed by atoms with E-state index in [9.17, 15) is 8.42 Å². The molecule has 1 N–H and O–H groups in total. The van der Waals surface area contributed by atoms with E-state index >= 15 is 0 Å². The fourth-order valence-corrected chi connectivity index (χ4v) is 4.83. The number of rotatable bonds is 2. The minimum Gasteiger partial charge on any atom is -0.694 e. The molecule has 0 amide bonds. The van der Waals surface area contributed by atoms with Crippen molar-refractivity contribution in [3.8, 4) is 11.1 Å². The van der Waals surface area contributed by atoms with E-state index in [0.717, 1.165) is 16.8 Å². The van der Waals surface area contributed by atoms with E-state index in [0.29, 0.717) is 16.6 Å². The molecule has 0 aliphatic rings. The predicted octanol–water partition coefficient (Wildman–Crippen LogP) is 6.72. The number of para-hydroxylation sites is 1. The van der Waals surface area contributed by atoms with Crippen LogP contribution in [0.2, 0.25) is 0 Å². The van der Waals surface area contributed by atoms with Crippen molar-refractivity contribution in [2.75, 3.05) is 20.0 Å². The zero-order valence-corrected chi connectivity index (χ0v) is 22.9. The van der Waals surface area contributed by atoms with Crippen LogP contribution in [0.25, 0.3) is 16.4 Å². The molecule has 0 bridgehead atoms. The van der Waals surface area contributed by atoms with Crippen LogP contribution in [-0.4, -0.2) is 43.3 Å². The quantitative estimate of drug-likeness (QED) is 0.197. The van der Waals surface area contributed by atoms with Gasteiger partial charge in [-0.15, -0.1) is 48.5 Å². The Kier molecular flexibility index (Phi) is 14.3. The summed E-state index contributed by atoms with van der Waals surface area (Å²) >= 11 is 0. The summed E-state index contributed by atoms with van der Waals surface area (Å²) in [6, 6.07) is 19.2. The summed E-state index contributed by atoms with van der Waals surface area (Å²) in [5.74, 6) is 0. The molecule has 30 heavy (non-hydrogen) atoms. The number of hydrogen-bond donors (Lipinski definition) is 1. The average molecular weight is 545 g/mol. The van der Waals surface area contributed by atoms with Crippen LogP contribution in [0.5, 0.6) is 0 Å². The van der Waals surface area contributed by atoms with Crippen LogP contribution in [-0.2, 0) is 30.5 Å². The van der Waals surface area contributed by atoms with E-state index in [1.165, 1.54) is 0 Å². The van der Waals surface area contributed by atoms with Crippen LogP contribution >= 0.6 is 7.92 Å². The predicted molar refractivity (Wildman–Crippen MR) is 131 cm³/mol. The van der Waals surface area contributed by atoms with Gasteiger partial charge in [-0.2, -0.15) is 14.1 Å². The molecule has 0 radical (unpaired) electrons. The van der Waals surface area contributed by atoms with Gasteiger partial charge in [0.1, 0.15) is 0 Å². The molecule has 2 rings (SSSR count). The first kappa shape index (κ1) is 31.4. The van der Waals surface area contributed by atoms with Gasteiger partial charge >= 0.3 is 20.4 Å². The smallest absolute Gasteiger partial charge is 0.694 e. The first-order valence-electron chi connectivity index (χ1n) is 9.50. The van der Waals surface area contributed by atoms with E-state index in [4.69, 9.17) is 4.55 Å². The zero-order valence-electron chi connectivity index (χ0n) is 19.6. The Balaban J connectivity index is 0. The summed E-state index contributed by atoms with van der Waals surface area (Å²) in [5, 5.41) is 5.32. The molecule has 0 fully saturated rings. The molecular weight excluding hydrogens is 508 g/mol. The Labute approximate surface area is 199 Å². The molecule has 0 unspecified atom stereocenters. The summed E-state index contributed by atoms with van der Waals surface area (Å²) in [4.78, 5) is 0. The van der Waals surface area contributed by atoms with Gasteiger partial charge in [-0.05, 0) is 41.5 Å². The maximum absolute atomic E-state index is 9.19. The van der Waals surface area contributed by atoms with Crippen LogP contribution in [0, 0.1) is 6.07 Å². The second-order valence-corrected chi connectivity index (χ2v) is 14.6. The Morgan fingerprint density at radius 2 is 1.37 bits per heavy atom. The molecule has 2 aromatic rings. The Bertz CT molecular complexity index is 808. The largest absolute Gasteiger partial charge is 2.00 e. The second kappa shape index (κ2) is 13.6. The van der Waals surface area contributed by atoms with Crippen molar-refractivity contribution in [3.05, 3.63) is 59.9 Å². The molecule has 0 spiro atoms. The molecule has 0 heterocycles. The SMILES string of the molecule is CS(=O)(=O)O.C[N-]c1ccccc1-c1[c-]cccc1.C[PH+](C(C)(C)C)C(C)(C)C.[Pd+2]. The van der Waals surface area contributed by atoms with Crippen LogP contribution in [0.3, 0.4) is 0 Å². The number of nitrogens with zero attached hydrogens (tertiary/aromatic N) is 1. The maximum atomic E-state index is 9.19. The van der Waals surface area contributed by atoms with Gasteiger partial charge < -0.3 is 5.32 Å². The summed E-state index contributed by atoms with van der Waals surface area (Å²) < 4.78 is 25.9. The Morgan fingerprint density at radius 1 is 0.933 bits per heavy atom. The normalized spacial score (nSPS) is 11.3. The van der Waals surface area contributed by atoms with E-state index < -0.39 is 10.1 Å². The van der Waals surface area contributed by atoms with Crippen molar-refractivity contribution in [1.82, 2.24) is 0 Å². The third-order valence-electron chi connectivity index (χ3n) is 4.39. The van der Waals surface area contributed by atoms with Gasteiger partial charge in [-0.1, -0.05) is 24.3 Å². The molecule has 2 aromatic carbocycles. The maximum Gasteiger partial charge on any atom is 2.00 e. The van der Waals surface area contributed by atoms with Crippen molar-refractivity contribution in [1.29, 1.82) is 0 Å². The van der Waals surface area contributed by atoms with Gasteiger partial charge in [-0.3, -0.25) is 4.55 Å². The monoisotopic (exact) mass is 544 g/mol. The number of hydrogen-bond acceptors (Lipinski definition) is 2. The molecule has 4 nitrogen and oxygen atoms in total. The molecular formula is C23H37NO3PPdS+. The molecule has 0 saturated carbocycles. The Morgan fingerprint density at radius 3 is 1.70 bits per heavy atom. The van der Waals surface area contributed by atoms with Gasteiger partial charge in [0.15, 0.2) is 0 Å². The molecule has 0 saturated heterocycles. The molecule has 0 atom stereocenters. The van der Waals surface area contributed by atoms with E-state index in [1.807, 2.05) is 49.5 Å². The molecule has 7 heteroatoms. The summed E-state index contributed by atoms with van der Waals surface area (Å²) in [6.45, 7) is 16.6. The van der Waals surface area contributed by atoms with Crippen LogP contribution < -0.4 is 0 Å². The third-order valence-corrected chi connectivity index (χ3v) is 8.89. The zero-order chi connectivity index (χ0) is 22.9. The third kappa shape index (κ3) is 14.3. The number of benzene rings is 2. The first-order valence-corrected chi connectivity index (χ1v) is 13.3. The van der Waals surface area contributed by atoms with Gasteiger partial charge in [0.05, 0.1) is 16.6 Å². The average Bonchev–Trinajstić information content (AvgIpc) is 2.59. The van der Waals surface area contributed by atoms with Gasteiger partial charge in [0, 0.05) is 14.6 Å². The minimum absolute atomic E-state index is 0. The molecule has 172 valence electrons. The van der Waals surface area contributed by atoms with Gasteiger partial charge in [0.25, 0.3) is 10.1 Å². The summed E-state index contributed by atoms with van der Waals surface area (Å²) in [7, 11) is -2.08. The van der Waals surface area contributed by atoms with E-state index in [1.54, 1.807) is 0 Å². The molecule has 0 aliphatic carbocycles. The van der Waals surface area contributed by atoms with Crippen molar-refractivity contribution < 1.29 is 33.4 Å². The molecule has 0 aromatic heterocycles. The minimum atomic E-state index is -3.67. The van der Waals surface area contributed by atoms with Crippen LogP contribution in [0.1, 0.15) is 41.5 Å². The molecule has 0 aliphatic heterocycles. The Hall–Kier alpha value is -0.758. The first-order chi connectivity index (χ1) is 13.1. The summed E-state index contributed by atoms with van der Waals surface area (Å²) in [6.07, 6.45) is 0.715. The topological polar surface area (TPSA) is 68.5 Å². The van der Waals surface area contributed by atoms with Crippen LogP contribution in [0.15, 0.2) is 48.5 Å². The fourth-order valence-electron chi connectivity index (χ4n) is 2.58. The summed E-state index contributed by atoms with van der Waals surface area (Å²) in [5.41, 5.74) is 3.24. The van der Waals surface area contributed by atoms with E-state index in [-0.39, 0.29) is 28.3 Å². The van der Waals surface area contributed by atoms with Crippen molar-refractivity contribution in [3.63, 3.8) is 0 Å².